The minimum atomic E-state index is -1.03. The number of hydrogen-bond acceptors (Lipinski definition) is 9. The summed E-state index contributed by atoms with van der Waals surface area (Å²) in [6.45, 7) is 9.37. The maximum Gasteiger partial charge on any atom is 0.407 e. The van der Waals surface area contributed by atoms with Gasteiger partial charge < -0.3 is 34.1 Å². The Hall–Kier alpha value is -4.87. The number of fused-ring (bicyclic) bond motifs is 5. The number of ether oxygens (including phenoxy) is 5. The Bertz CT molecular complexity index is 2260. The van der Waals surface area contributed by atoms with E-state index in [1.54, 1.807) is 19.8 Å². The average molecular weight is 1030 g/mol. The minimum absolute atomic E-state index is 0.0667. The Kier molecular flexibility index (Phi) is 20.2. The molecule has 10 atom stereocenters. The normalized spacial score (nSPS) is 27.6. The molecule has 4 fully saturated rings. The van der Waals surface area contributed by atoms with Crippen LogP contribution in [0.15, 0.2) is 90.5 Å². The molecule has 1 heterocycles. The predicted octanol–water partition coefficient (Wildman–Crippen LogP) is 14.4. The maximum absolute atomic E-state index is 13.2. The van der Waals surface area contributed by atoms with Crippen LogP contribution in [0.25, 0.3) is 0 Å². The van der Waals surface area contributed by atoms with Crippen molar-refractivity contribution in [3.05, 3.63) is 107 Å². The van der Waals surface area contributed by atoms with Crippen LogP contribution < -0.4 is 14.8 Å². The van der Waals surface area contributed by atoms with Gasteiger partial charge >= 0.3 is 18.0 Å². The van der Waals surface area contributed by atoms with Crippen molar-refractivity contribution < 1.29 is 43.2 Å². The number of carboxylic acids is 1. The van der Waals surface area contributed by atoms with Gasteiger partial charge in [0.2, 0.25) is 0 Å². The minimum Gasteiger partial charge on any atom is -0.497 e. The fourth-order valence-electron chi connectivity index (χ4n) is 14.7. The second-order valence-corrected chi connectivity index (χ2v) is 23.4. The van der Waals surface area contributed by atoms with Gasteiger partial charge in [0, 0.05) is 32.0 Å². The van der Waals surface area contributed by atoms with Gasteiger partial charge in [0.25, 0.3) is 0 Å². The highest BCUT2D eigenvalue weighted by Crippen LogP contribution is 2.67. The second kappa shape index (κ2) is 26.9. The summed E-state index contributed by atoms with van der Waals surface area (Å²) < 4.78 is 30.5. The third kappa shape index (κ3) is 14.2. The van der Waals surface area contributed by atoms with E-state index in [1.165, 1.54) is 77.0 Å². The number of aliphatic carboxylic acids is 1. The van der Waals surface area contributed by atoms with Gasteiger partial charge in [-0.1, -0.05) is 138 Å². The second-order valence-electron chi connectivity index (χ2n) is 23.4. The zero-order valence-electron chi connectivity index (χ0n) is 46.1. The molecule has 4 aliphatic carbocycles. The number of hydrogen-bond donors (Lipinski definition) is 2. The van der Waals surface area contributed by atoms with E-state index in [0.717, 1.165) is 103 Å². The van der Waals surface area contributed by atoms with Crippen LogP contribution in [0.2, 0.25) is 0 Å². The summed E-state index contributed by atoms with van der Waals surface area (Å²) in [5.74, 6) is 3.29. The van der Waals surface area contributed by atoms with Gasteiger partial charge in [0.05, 0.1) is 33.2 Å². The lowest BCUT2D eigenvalue weighted by atomic mass is 9.47. The van der Waals surface area contributed by atoms with Gasteiger partial charge in [0.15, 0.2) is 0 Å². The predicted molar refractivity (Wildman–Crippen MR) is 295 cm³/mol. The number of unbranched alkanes of at least 4 members (excludes halogenated alkanes) is 8. The van der Waals surface area contributed by atoms with Gasteiger partial charge in [0.1, 0.15) is 29.8 Å². The van der Waals surface area contributed by atoms with Crippen molar-refractivity contribution in [2.45, 2.75) is 192 Å². The molecule has 8 rings (SSSR count). The molecule has 0 aromatic heterocycles. The lowest BCUT2D eigenvalue weighted by molar-refractivity contribution is -0.151. The van der Waals surface area contributed by atoms with E-state index in [-0.39, 0.29) is 36.5 Å². The first-order valence-electron chi connectivity index (χ1n) is 29.2. The van der Waals surface area contributed by atoms with Crippen LogP contribution >= 0.6 is 0 Å². The highest BCUT2D eigenvalue weighted by molar-refractivity contribution is 5.76. The zero-order chi connectivity index (χ0) is 52.8. The summed E-state index contributed by atoms with van der Waals surface area (Å²) in [6.07, 6.45) is 24.2. The molecule has 0 spiro atoms. The maximum atomic E-state index is 13.2. The number of carbonyl (C=O) groups excluding carboxylic acids is 2. The van der Waals surface area contributed by atoms with Crippen LogP contribution in [0.4, 0.5) is 4.79 Å². The van der Waals surface area contributed by atoms with Gasteiger partial charge in [-0.2, -0.15) is 0 Å². The Morgan fingerprint density at radius 3 is 2.09 bits per heavy atom. The molecular weight excluding hydrogens is 941 g/mol. The van der Waals surface area contributed by atoms with Crippen molar-refractivity contribution in [2.24, 2.45) is 34.5 Å². The number of likely N-dealkylation sites (tertiary alicyclic amines) is 1. The van der Waals surface area contributed by atoms with Gasteiger partial charge in [-0.25, -0.2) is 4.79 Å². The van der Waals surface area contributed by atoms with Gasteiger partial charge in [-0.3, -0.25) is 14.5 Å². The molecule has 11 nitrogen and oxygen atoms in total. The fraction of sp³-hybridized carbons (Fsp3) is 0.641. The van der Waals surface area contributed by atoms with Crippen LogP contribution in [-0.4, -0.2) is 80.1 Å². The van der Waals surface area contributed by atoms with E-state index >= 15 is 0 Å². The number of alkyl carbamates (subject to hydrolysis) is 1. The summed E-state index contributed by atoms with van der Waals surface area (Å²) >= 11 is 0. The Morgan fingerprint density at radius 2 is 1.40 bits per heavy atom. The molecule has 1 amide bonds. The molecule has 5 aliphatic rings. The molecular formula is C64H90N2O9. The monoisotopic (exact) mass is 1030 g/mol. The molecule has 0 radical (unpaired) electrons. The summed E-state index contributed by atoms with van der Waals surface area (Å²) in [5, 5.41) is 12.3. The van der Waals surface area contributed by atoms with Crippen LogP contribution in [-0.2, 0) is 23.8 Å². The van der Waals surface area contributed by atoms with Crippen molar-refractivity contribution in [3.63, 3.8) is 0 Å². The summed E-state index contributed by atoms with van der Waals surface area (Å²) in [6, 6.07) is 25.9. The molecule has 3 saturated carbocycles. The van der Waals surface area contributed by atoms with Gasteiger partial charge in [-0.15, -0.1) is 0 Å². The van der Waals surface area contributed by atoms with Crippen LogP contribution in [0.3, 0.4) is 0 Å². The number of nitrogens with zero attached hydrogens (tertiary/aromatic N) is 1. The third-order valence-corrected chi connectivity index (χ3v) is 18.9. The number of rotatable bonds is 27. The Labute approximate surface area is 449 Å². The number of methoxy groups -OCH3 is 2. The summed E-state index contributed by atoms with van der Waals surface area (Å²) in [5.41, 5.74) is 5.23. The lowest BCUT2D eigenvalue weighted by Gasteiger charge is -2.58. The largest absolute Gasteiger partial charge is 0.497 e. The summed E-state index contributed by atoms with van der Waals surface area (Å²) in [4.78, 5) is 39.9. The number of carboxylic acid groups (broad SMARTS) is 1. The molecule has 2 N–H and O–H groups in total. The van der Waals surface area contributed by atoms with E-state index in [2.05, 4.69) is 49.2 Å². The number of amides is 1. The number of esters is 1. The molecule has 410 valence electrons. The van der Waals surface area contributed by atoms with Crippen molar-refractivity contribution in [3.8, 4) is 11.5 Å². The number of allylic oxidation sites excluding steroid dienone is 1. The lowest BCUT2D eigenvalue weighted by Crippen LogP contribution is -2.50. The van der Waals surface area contributed by atoms with Crippen molar-refractivity contribution in [1.29, 1.82) is 0 Å². The quantitative estimate of drug-likeness (QED) is 0.0432. The van der Waals surface area contributed by atoms with Crippen LogP contribution in [0.1, 0.15) is 191 Å². The average Bonchev–Trinajstić information content (AvgIpc) is 3.99. The molecule has 11 heteroatoms. The molecule has 3 aromatic rings. The van der Waals surface area contributed by atoms with Crippen molar-refractivity contribution >= 4 is 18.0 Å². The first-order chi connectivity index (χ1) is 36.4. The molecule has 1 saturated heterocycles. The van der Waals surface area contributed by atoms with Crippen molar-refractivity contribution in [2.75, 3.05) is 33.9 Å². The Balaban J connectivity index is 0.833. The highest BCUT2D eigenvalue weighted by atomic mass is 16.6. The molecule has 75 heavy (non-hydrogen) atoms. The molecule has 10 unspecified atom stereocenters. The highest BCUT2D eigenvalue weighted by Gasteiger charge is 2.58. The van der Waals surface area contributed by atoms with E-state index in [0.29, 0.717) is 24.9 Å². The van der Waals surface area contributed by atoms with E-state index < -0.39 is 30.3 Å². The SMILES string of the molecule is CCCCCCCCC1CCC2C3CC=C4CC(OC(=O)NCCCCCCN5CC(OC(=O)CCC(=O)O)CC5C(OC(c5ccc(OC)cc5)c5ccc(OC)cc5)c5ccccc5)CCC4(C)C3CCC12C. The number of benzene rings is 3. The van der Waals surface area contributed by atoms with Crippen LogP contribution in [0.5, 0.6) is 11.5 Å². The third-order valence-electron chi connectivity index (χ3n) is 18.9. The Morgan fingerprint density at radius 1 is 0.720 bits per heavy atom. The zero-order valence-corrected chi connectivity index (χ0v) is 46.1. The smallest absolute Gasteiger partial charge is 0.407 e. The first-order valence-corrected chi connectivity index (χ1v) is 29.2. The topological polar surface area (TPSA) is 133 Å². The molecule has 1 aliphatic heterocycles. The van der Waals surface area contributed by atoms with Gasteiger partial charge in [-0.05, 0) is 146 Å². The van der Waals surface area contributed by atoms with E-state index in [1.807, 2.05) is 66.7 Å². The molecule has 3 aromatic carbocycles. The van der Waals surface area contributed by atoms with E-state index in [4.69, 9.17) is 23.7 Å². The van der Waals surface area contributed by atoms with E-state index in [9.17, 15) is 19.5 Å². The number of carbonyl (C=O) groups is 3. The van der Waals surface area contributed by atoms with Crippen LogP contribution in [0, 0.1) is 34.5 Å². The first kappa shape index (κ1) is 56.3. The standard InChI is InChI=1S/C64H90N2O9/c1-6-7-8-9-10-16-21-48-27-33-55-54-32-26-49-42-52(36-38-64(49,3)56(54)37-39-63(48,55)2)74-62(70)65-40-17-11-12-18-41-66-44-53(73-59(69)35-34-58(67)68)43-57(66)61(45-19-14-13-15-20-45)75-60(46-22-28-50(71-4)29-23-46)47-24-30-51(72-5)31-25-47/h13-15,19-20,22-26,28-31,48,52-57,60-61H,6-12,16-18,21,27,32-44H2,1-5H3,(H,65,70)(H,67,68). The molecule has 0 bridgehead atoms. The summed E-state index contributed by atoms with van der Waals surface area (Å²) in [7, 11) is 3.31. The fourth-order valence-corrected chi connectivity index (χ4v) is 14.7. The van der Waals surface area contributed by atoms with Crippen molar-refractivity contribution in [1.82, 2.24) is 10.2 Å². The number of nitrogens with one attached hydrogen (secondary N) is 1.